The zero-order valence-electron chi connectivity index (χ0n) is 11.2. The van der Waals surface area contributed by atoms with Gasteiger partial charge in [0, 0.05) is 19.8 Å². The van der Waals surface area contributed by atoms with Gasteiger partial charge in [0.2, 0.25) is 0 Å². The summed E-state index contributed by atoms with van der Waals surface area (Å²) in [6.07, 6.45) is 1.16. The standard InChI is InChI=1S/C15H18O4/c1-11(15(18)19-12(2)16)10-14(17)9-8-13-6-4-3-5-7-13/h3-7,11H,8-10H2,1-2H3/t11-/m1/s1. The molecule has 0 heterocycles. The van der Waals surface area contributed by atoms with Crippen molar-refractivity contribution in [1.82, 2.24) is 0 Å². The summed E-state index contributed by atoms with van der Waals surface area (Å²) in [5.74, 6) is -1.86. The Bertz CT molecular complexity index is 450. The SMILES string of the molecule is CC(=O)OC(=O)[C@H](C)CC(=O)CCc1ccccc1. The van der Waals surface area contributed by atoms with Gasteiger partial charge in [-0.25, -0.2) is 0 Å². The average Bonchev–Trinajstić information content (AvgIpc) is 2.36. The maximum Gasteiger partial charge on any atom is 0.316 e. The minimum atomic E-state index is -0.645. The van der Waals surface area contributed by atoms with E-state index in [1.807, 2.05) is 30.3 Å². The summed E-state index contributed by atoms with van der Waals surface area (Å²) in [6, 6.07) is 9.69. The third kappa shape index (κ3) is 5.95. The largest absolute Gasteiger partial charge is 0.393 e. The molecule has 0 bridgehead atoms. The van der Waals surface area contributed by atoms with Crippen molar-refractivity contribution in [3.05, 3.63) is 35.9 Å². The van der Waals surface area contributed by atoms with Gasteiger partial charge in [0.15, 0.2) is 0 Å². The topological polar surface area (TPSA) is 60.4 Å². The third-order valence-corrected chi connectivity index (χ3v) is 2.72. The van der Waals surface area contributed by atoms with E-state index >= 15 is 0 Å². The van der Waals surface area contributed by atoms with Crippen molar-refractivity contribution in [1.29, 1.82) is 0 Å². The van der Waals surface area contributed by atoms with Gasteiger partial charge in [-0.05, 0) is 12.0 Å². The van der Waals surface area contributed by atoms with Crippen molar-refractivity contribution in [3.8, 4) is 0 Å². The fourth-order valence-electron chi connectivity index (χ4n) is 1.70. The highest BCUT2D eigenvalue weighted by Crippen LogP contribution is 2.10. The van der Waals surface area contributed by atoms with Crippen LogP contribution in [0.15, 0.2) is 30.3 Å². The molecular formula is C15H18O4. The smallest absolute Gasteiger partial charge is 0.316 e. The van der Waals surface area contributed by atoms with Gasteiger partial charge in [0.1, 0.15) is 5.78 Å². The molecule has 0 aromatic heterocycles. The van der Waals surface area contributed by atoms with E-state index in [1.54, 1.807) is 6.92 Å². The molecule has 4 heteroatoms. The van der Waals surface area contributed by atoms with E-state index in [0.717, 1.165) is 5.56 Å². The number of hydrogen-bond donors (Lipinski definition) is 0. The Balaban J connectivity index is 2.35. The second-order valence-electron chi connectivity index (χ2n) is 4.54. The summed E-state index contributed by atoms with van der Waals surface area (Å²) < 4.78 is 4.45. The van der Waals surface area contributed by atoms with E-state index in [0.29, 0.717) is 12.8 Å². The molecule has 0 saturated carbocycles. The van der Waals surface area contributed by atoms with Crippen LogP contribution in [0.1, 0.15) is 32.3 Å². The van der Waals surface area contributed by atoms with Crippen LogP contribution in [-0.2, 0) is 25.5 Å². The van der Waals surface area contributed by atoms with Gasteiger partial charge in [-0.2, -0.15) is 0 Å². The molecule has 0 aliphatic heterocycles. The van der Waals surface area contributed by atoms with Crippen LogP contribution in [0, 0.1) is 5.92 Å². The number of rotatable bonds is 6. The Morgan fingerprint density at radius 2 is 1.79 bits per heavy atom. The van der Waals surface area contributed by atoms with Crippen molar-refractivity contribution >= 4 is 17.7 Å². The second-order valence-corrected chi connectivity index (χ2v) is 4.54. The summed E-state index contributed by atoms with van der Waals surface area (Å²) in [6.45, 7) is 2.76. The number of hydrogen-bond acceptors (Lipinski definition) is 4. The van der Waals surface area contributed by atoms with Crippen LogP contribution < -0.4 is 0 Å². The molecule has 0 radical (unpaired) electrons. The lowest BCUT2D eigenvalue weighted by Gasteiger charge is -2.08. The first-order chi connectivity index (χ1) is 8.99. The zero-order valence-corrected chi connectivity index (χ0v) is 11.2. The summed E-state index contributed by atoms with van der Waals surface area (Å²) in [5.41, 5.74) is 1.09. The minimum absolute atomic E-state index is 0.00291. The molecule has 0 amide bonds. The summed E-state index contributed by atoms with van der Waals surface area (Å²) in [7, 11) is 0. The summed E-state index contributed by atoms with van der Waals surface area (Å²) in [4.78, 5) is 33.7. The van der Waals surface area contributed by atoms with Crippen molar-refractivity contribution in [3.63, 3.8) is 0 Å². The van der Waals surface area contributed by atoms with E-state index in [4.69, 9.17) is 0 Å². The van der Waals surface area contributed by atoms with E-state index < -0.39 is 17.9 Å². The van der Waals surface area contributed by atoms with Gasteiger partial charge < -0.3 is 4.74 Å². The molecule has 0 N–H and O–H groups in total. The van der Waals surface area contributed by atoms with Crippen molar-refractivity contribution in [2.45, 2.75) is 33.1 Å². The number of esters is 2. The molecule has 102 valence electrons. The monoisotopic (exact) mass is 262 g/mol. The number of carbonyl (C=O) groups is 3. The van der Waals surface area contributed by atoms with E-state index in [-0.39, 0.29) is 12.2 Å². The van der Waals surface area contributed by atoms with E-state index in [2.05, 4.69) is 4.74 Å². The van der Waals surface area contributed by atoms with Crippen LogP contribution in [0.25, 0.3) is 0 Å². The lowest BCUT2D eigenvalue weighted by Crippen LogP contribution is -2.20. The van der Waals surface area contributed by atoms with Crippen molar-refractivity contribution in [2.24, 2.45) is 5.92 Å². The second kappa shape index (κ2) is 7.46. The third-order valence-electron chi connectivity index (χ3n) is 2.72. The summed E-state index contributed by atoms with van der Waals surface area (Å²) in [5, 5.41) is 0. The van der Waals surface area contributed by atoms with Gasteiger partial charge in [-0.1, -0.05) is 37.3 Å². The number of carbonyl (C=O) groups excluding carboxylic acids is 3. The van der Waals surface area contributed by atoms with Gasteiger partial charge >= 0.3 is 11.9 Å². The van der Waals surface area contributed by atoms with Crippen LogP contribution in [0.3, 0.4) is 0 Å². The number of aryl methyl sites for hydroxylation is 1. The molecule has 0 unspecified atom stereocenters. The molecule has 0 fully saturated rings. The number of benzene rings is 1. The molecule has 4 nitrogen and oxygen atoms in total. The van der Waals surface area contributed by atoms with Gasteiger partial charge in [0.25, 0.3) is 0 Å². The fraction of sp³-hybridized carbons (Fsp3) is 0.400. The van der Waals surface area contributed by atoms with Gasteiger partial charge in [-0.15, -0.1) is 0 Å². The highest BCUT2D eigenvalue weighted by atomic mass is 16.6. The molecule has 1 aromatic carbocycles. The van der Waals surface area contributed by atoms with Gasteiger partial charge in [-0.3, -0.25) is 14.4 Å². The van der Waals surface area contributed by atoms with Crippen LogP contribution in [0.5, 0.6) is 0 Å². The predicted octanol–water partition coefficient (Wildman–Crippen LogP) is 2.30. The number of ketones is 1. The normalized spacial score (nSPS) is 11.7. The summed E-state index contributed by atoms with van der Waals surface area (Å²) >= 11 is 0. The van der Waals surface area contributed by atoms with Crippen LogP contribution in [0.4, 0.5) is 0 Å². The van der Waals surface area contributed by atoms with Crippen molar-refractivity contribution in [2.75, 3.05) is 0 Å². The van der Waals surface area contributed by atoms with E-state index in [9.17, 15) is 14.4 Å². The Kier molecular flexibility index (Phi) is 5.93. The Labute approximate surface area is 112 Å². The molecule has 0 aliphatic rings. The fourth-order valence-corrected chi connectivity index (χ4v) is 1.70. The molecule has 19 heavy (non-hydrogen) atoms. The average molecular weight is 262 g/mol. The first kappa shape index (κ1) is 15.1. The molecule has 0 saturated heterocycles. The Hall–Kier alpha value is -1.97. The molecule has 1 aromatic rings. The Morgan fingerprint density at radius 3 is 2.37 bits per heavy atom. The lowest BCUT2D eigenvalue weighted by molar-refractivity contribution is -0.161. The van der Waals surface area contributed by atoms with Gasteiger partial charge in [0.05, 0.1) is 5.92 Å². The lowest BCUT2D eigenvalue weighted by atomic mass is 10.00. The minimum Gasteiger partial charge on any atom is -0.393 e. The maximum atomic E-state index is 11.7. The molecular weight excluding hydrogens is 244 g/mol. The Morgan fingerprint density at radius 1 is 1.16 bits per heavy atom. The quantitative estimate of drug-likeness (QED) is 0.583. The van der Waals surface area contributed by atoms with Crippen LogP contribution in [-0.4, -0.2) is 17.7 Å². The highest BCUT2D eigenvalue weighted by Gasteiger charge is 2.19. The maximum absolute atomic E-state index is 11.7. The first-order valence-corrected chi connectivity index (χ1v) is 6.27. The number of ether oxygens (including phenoxy) is 1. The van der Waals surface area contributed by atoms with Crippen LogP contribution in [0.2, 0.25) is 0 Å². The van der Waals surface area contributed by atoms with E-state index in [1.165, 1.54) is 6.92 Å². The van der Waals surface area contributed by atoms with Crippen LogP contribution >= 0.6 is 0 Å². The molecule has 0 spiro atoms. The molecule has 0 aliphatic carbocycles. The predicted molar refractivity (Wildman–Crippen MR) is 70.3 cm³/mol. The van der Waals surface area contributed by atoms with Crippen molar-refractivity contribution < 1.29 is 19.1 Å². The highest BCUT2D eigenvalue weighted by molar-refractivity contribution is 5.89. The molecule has 1 atom stereocenters. The molecule has 1 rings (SSSR count). The zero-order chi connectivity index (χ0) is 14.3. The first-order valence-electron chi connectivity index (χ1n) is 6.27. The number of Topliss-reactive ketones (excluding diaryl/α,β-unsaturated/α-hetero) is 1.